The van der Waals surface area contributed by atoms with Crippen LogP contribution in [0, 0.1) is 19.3 Å². The fourth-order valence-electron chi connectivity index (χ4n) is 9.01. The molecule has 15 heteroatoms. The van der Waals surface area contributed by atoms with Crippen LogP contribution in [0.3, 0.4) is 0 Å². The highest BCUT2D eigenvalue weighted by atomic mass is 32.1. The van der Waals surface area contributed by atoms with Crippen molar-refractivity contribution in [2.45, 2.75) is 91.6 Å². The summed E-state index contributed by atoms with van der Waals surface area (Å²) in [7, 11) is 3.42. The van der Waals surface area contributed by atoms with Gasteiger partial charge in [-0.3, -0.25) is 23.9 Å². The van der Waals surface area contributed by atoms with Gasteiger partial charge in [-0.05, 0) is 79.5 Å². The van der Waals surface area contributed by atoms with Crippen molar-refractivity contribution in [3.05, 3.63) is 111 Å². The molecule has 3 aromatic carbocycles. The van der Waals surface area contributed by atoms with Crippen LogP contribution >= 0.6 is 11.3 Å². The largest absolute Gasteiger partial charge is 0.497 e. The van der Waals surface area contributed by atoms with Gasteiger partial charge in [0.1, 0.15) is 24.4 Å². The van der Waals surface area contributed by atoms with Crippen LogP contribution in [-0.4, -0.2) is 85.4 Å². The molecule has 14 nitrogen and oxygen atoms in total. The van der Waals surface area contributed by atoms with E-state index in [9.17, 15) is 24.3 Å². The summed E-state index contributed by atoms with van der Waals surface area (Å²) in [6.45, 7) is 11.9. The smallest absolute Gasteiger partial charge is 0.253 e. The van der Waals surface area contributed by atoms with E-state index >= 15 is 0 Å². The van der Waals surface area contributed by atoms with Crippen LogP contribution in [0.25, 0.3) is 32.5 Å². The lowest BCUT2D eigenvalue weighted by Gasteiger charge is -2.35. The van der Waals surface area contributed by atoms with Crippen LogP contribution in [0.4, 0.5) is 11.4 Å². The van der Waals surface area contributed by atoms with E-state index in [-0.39, 0.29) is 37.0 Å². The number of aliphatic hydroxyl groups excluding tert-OH is 1. The molecule has 0 radical (unpaired) electrons. The van der Waals surface area contributed by atoms with Crippen LogP contribution in [0.2, 0.25) is 0 Å². The standard InChI is InChI=1S/C49H56N8O6S/c1-28-18-38-40(54(7)47(28)61)21-37(63-8)22-41(38)56-17-9-10-34-19-33(15-16-39(34)56)35-23-51-55(24-35)26-43(59)53-45(49(4,5)6)48(62)57-25-36(58)20-42(57)46(60)52-29(2)31-11-13-32(14-12-31)44-30(3)50-27-64-44/h11-16,18-19,21-24,27,29,36,42,45,58H,9-10,17,20,25-26H2,1-8H3,(H,52,60)(H,53,59)/t29-,36+,42-,45+/m0/s1. The second kappa shape index (κ2) is 17.7. The zero-order valence-corrected chi connectivity index (χ0v) is 38.5. The third-order valence-electron chi connectivity index (χ3n) is 12.5. The van der Waals surface area contributed by atoms with E-state index in [1.165, 1.54) is 10.5 Å². The first-order valence-electron chi connectivity index (χ1n) is 21.7. The molecule has 8 rings (SSSR count). The maximum Gasteiger partial charge on any atom is 0.253 e. The molecule has 334 valence electrons. The summed E-state index contributed by atoms with van der Waals surface area (Å²) in [5.74, 6) is -0.531. The lowest BCUT2D eigenvalue weighted by atomic mass is 9.85. The van der Waals surface area contributed by atoms with Gasteiger partial charge in [-0.2, -0.15) is 5.10 Å². The quantitative estimate of drug-likeness (QED) is 0.130. The molecule has 2 aliphatic rings. The first kappa shape index (κ1) is 44.3. The SMILES string of the molecule is COc1cc(N2CCCc3cc(-c4cnn(CC(=O)N[C@H](C(=O)N5C[C@H](O)C[C@H]5C(=O)N[C@@H](C)c5ccc(-c6scnc6C)cc5)C(C)(C)C)c4)ccc32)c2cc(C)c(=O)n(C)c2c1. The van der Waals surface area contributed by atoms with Crippen molar-refractivity contribution in [2.75, 3.05) is 25.1 Å². The third-order valence-corrected chi connectivity index (χ3v) is 13.5. The summed E-state index contributed by atoms with van der Waals surface area (Å²) >= 11 is 1.58. The molecule has 0 aliphatic carbocycles. The average Bonchev–Trinajstić information content (AvgIpc) is 4.03. The molecular weight excluding hydrogens is 829 g/mol. The van der Waals surface area contributed by atoms with Crippen LogP contribution in [0.15, 0.2) is 83.4 Å². The molecule has 3 aromatic heterocycles. The Labute approximate surface area is 376 Å². The monoisotopic (exact) mass is 884 g/mol. The van der Waals surface area contributed by atoms with Gasteiger partial charge in [-0.25, -0.2) is 4.98 Å². The van der Waals surface area contributed by atoms with Gasteiger partial charge in [0.15, 0.2) is 0 Å². The van der Waals surface area contributed by atoms with E-state index in [0.717, 1.165) is 74.5 Å². The number of pyridine rings is 1. The number of hydrogen-bond acceptors (Lipinski definition) is 10. The lowest BCUT2D eigenvalue weighted by molar-refractivity contribution is -0.144. The van der Waals surface area contributed by atoms with E-state index < -0.39 is 35.4 Å². The topological polar surface area (TPSA) is 164 Å². The number of fused-ring (bicyclic) bond motifs is 2. The van der Waals surface area contributed by atoms with Gasteiger partial charge >= 0.3 is 0 Å². The molecule has 0 saturated carbocycles. The summed E-state index contributed by atoms with van der Waals surface area (Å²) in [5, 5.41) is 22.2. The molecule has 64 heavy (non-hydrogen) atoms. The minimum Gasteiger partial charge on any atom is -0.497 e. The number of benzene rings is 3. The fourth-order valence-corrected chi connectivity index (χ4v) is 9.82. The third kappa shape index (κ3) is 8.78. The minimum absolute atomic E-state index is 0.0193. The molecular formula is C49H56N8O6S. The van der Waals surface area contributed by atoms with Crippen LogP contribution in [0.5, 0.6) is 5.75 Å². The van der Waals surface area contributed by atoms with Crippen molar-refractivity contribution in [1.82, 2.24) is 34.9 Å². The number of amides is 3. The number of nitrogens with one attached hydrogen (secondary N) is 2. The average molecular weight is 885 g/mol. The summed E-state index contributed by atoms with van der Waals surface area (Å²) in [6.07, 6.45) is 4.57. The maximum atomic E-state index is 14.3. The van der Waals surface area contributed by atoms with Crippen molar-refractivity contribution < 1.29 is 24.2 Å². The van der Waals surface area contributed by atoms with E-state index in [2.05, 4.69) is 43.8 Å². The second-order valence-electron chi connectivity index (χ2n) is 18.2. The van der Waals surface area contributed by atoms with Crippen molar-refractivity contribution in [1.29, 1.82) is 0 Å². The Hall–Kier alpha value is -6.32. The van der Waals surface area contributed by atoms with Crippen LogP contribution in [-0.2, 0) is 34.4 Å². The van der Waals surface area contributed by atoms with Gasteiger partial charge in [0.25, 0.3) is 5.56 Å². The van der Waals surface area contributed by atoms with Crippen molar-refractivity contribution in [3.63, 3.8) is 0 Å². The molecule has 0 unspecified atom stereocenters. The minimum atomic E-state index is -0.977. The Morgan fingerprint density at radius 1 is 0.984 bits per heavy atom. The number of methoxy groups -OCH3 is 1. The van der Waals surface area contributed by atoms with Crippen LogP contribution in [0.1, 0.15) is 69.0 Å². The van der Waals surface area contributed by atoms with Gasteiger partial charge < -0.3 is 34.8 Å². The van der Waals surface area contributed by atoms with Crippen LogP contribution < -0.4 is 25.8 Å². The number of rotatable bonds is 11. The number of carbonyl (C=O) groups is 3. The normalized spacial score (nSPS) is 17.3. The Bertz CT molecular complexity index is 2800. The lowest BCUT2D eigenvalue weighted by Crippen LogP contribution is -2.58. The molecule has 1 fully saturated rings. The Morgan fingerprint density at radius 3 is 2.44 bits per heavy atom. The molecule has 5 heterocycles. The number of β-amino-alcohol motifs (C(OH)–C–C–N with tert-alkyl or cyclic N) is 1. The number of anilines is 2. The number of carbonyl (C=O) groups excluding carboxylic acids is 3. The van der Waals surface area contributed by atoms with Gasteiger partial charge in [0.05, 0.1) is 52.7 Å². The van der Waals surface area contributed by atoms with E-state index in [1.807, 2.05) is 95.7 Å². The number of ether oxygens (including phenoxy) is 1. The number of aryl methyl sites for hydroxylation is 4. The van der Waals surface area contributed by atoms with Crippen molar-refractivity contribution >= 4 is 51.3 Å². The van der Waals surface area contributed by atoms with Gasteiger partial charge in [0, 0.05) is 67.1 Å². The molecule has 3 N–H and O–H groups in total. The molecule has 6 aromatic rings. The number of likely N-dealkylation sites (tertiary alicyclic amines) is 1. The highest BCUT2D eigenvalue weighted by molar-refractivity contribution is 7.13. The number of aromatic nitrogens is 4. The van der Waals surface area contributed by atoms with E-state index in [4.69, 9.17) is 4.74 Å². The Kier molecular flexibility index (Phi) is 12.2. The van der Waals surface area contributed by atoms with Gasteiger partial charge in [0.2, 0.25) is 17.7 Å². The summed E-state index contributed by atoms with van der Waals surface area (Å²) in [4.78, 5) is 63.7. The second-order valence-corrected chi connectivity index (χ2v) is 19.0. The zero-order chi connectivity index (χ0) is 45.6. The Balaban J connectivity index is 0.943. The maximum absolute atomic E-state index is 14.3. The molecule has 0 bridgehead atoms. The first-order chi connectivity index (χ1) is 30.5. The molecule has 0 spiro atoms. The summed E-state index contributed by atoms with van der Waals surface area (Å²) < 4.78 is 8.90. The fraction of sp³-hybridized carbons (Fsp3) is 0.388. The number of thiazole rings is 1. The molecule has 3 amide bonds. The predicted octanol–water partition coefficient (Wildman–Crippen LogP) is 6.61. The predicted molar refractivity (Wildman–Crippen MR) is 250 cm³/mol. The highest BCUT2D eigenvalue weighted by Gasteiger charge is 2.44. The molecule has 2 aliphatic heterocycles. The summed E-state index contributed by atoms with van der Waals surface area (Å²) in [5.41, 5.74) is 10.5. The van der Waals surface area contributed by atoms with Crippen molar-refractivity contribution in [2.24, 2.45) is 12.5 Å². The number of nitrogens with zero attached hydrogens (tertiary/aromatic N) is 6. The molecule has 1 saturated heterocycles. The van der Waals surface area contributed by atoms with Gasteiger partial charge in [-0.1, -0.05) is 51.1 Å². The Morgan fingerprint density at radius 2 is 1.73 bits per heavy atom. The van der Waals surface area contributed by atoms with Crippen molar-refractivity contribution in [3.8, 4) is 27.3 Å². The van der Waals surface area contributed by atoms with Gasteiger partial charge in [-0.15, -0.1) is 11.3 Å². The number of hydrogen-bond donors (Lipinski definition) is 3. The van der Waals surface area contributed by atoms with E-state index in [1.54, 1.807) is 40.9 Å². The van der Waals surface area contributed by atoms with E-state index in [0.29, 0.717) is 11.3 Å². The molecule has 4 atom stereocenters. The first-order valence-corrected chi connectivity index (χ1v) is 22.6. The number of aliphatic hydroxyl groups is 1. The highest BCUT2D eigenvalue weighted by Crippen LogP contribution is 2.41. The summed E-state index contributed by atoms with van der Waals surface area (Å²) in [6, 6.07) is 17.9. The zero-order valence-electron chi connectivity index (χ0n) is 37.6.